The van der Waals surface area contributed by atoms with E-state index in [1.54, 1.807) is 4.90 Å². The van der Waals surface area contributed by atoms with Crippen LogP contribution in [0.1, 0.15) is 22.7 Å². The Kier molecular flexibility index (Phi) is 3.06. The Labute approximate surface area is 117 Å². The van der Waals surface area contributed by atoms with Gasteiger partial charge >= 0.3 is 0 Å². The van der Waals surface area contributed by atoms with Crippen molar-refractivity contribution in [2.24, 2.45) is 5.18 Å². The fourth-order valence-electron chi connectivity index (χ4n) is 2.57. The summed E-state index contributed by atoms with van der Waals surface area (Å²) in [4.78, 5) is 25.0. The third kappa shape index (κ3) is 1.99. The number of hydrogen-bond donors (Lipinski definition) is 0. The number of hydrogen-bond acceptors (Lipinski definition) is 3. The first-order chi connectivity index (χ1) is 9.70. The zero-order valence-electron chi connectivity index (χ0n) is 11.1. The number of fused-ring (bicyclic) bond motifs is 1. The van der Waals surface area contributed by atoms with Gasteiger partial charge in [0.25, 0.3) is 5.91 Å². The van der Waals surface area contributed by atoms with Gasteiger partial charge in [-0.3, -0.25) is 4.79 Å². The molecule has 1 amide bonds. The minimum atomic E-state index is -0.909. The van der Waals surface area contributed by atoms with Crippen LogP contribution in [0.25, 0.3) is 0 Å². The number of nitrogens with zero attached hydrogens (tertiary/aromatic N) is 2. The van der Waals surface area contributed by atoms with Crippen molar-refractivity contribution in [1.29, 1.82) is 0 Å². The maximum atomic E-state index is 12.3. The van der Waals surface area contributed by atoms with E-state index in [0.717, 1.165) is 16.8 Å². The molecule has 4 heteroatoms. The largest absolute Gasteiger partial charge is 0.305 e. The van der Waals surface area contributed by atoms with Gasteiger partial charge < -0.3 is 4.90 Å². The van der Waals surface area contributed by atoms with Crippen molar-refractivity contribution in [1.82, 2.24) is 0 Å². The summed E-state index contributed by atoms with van der Waals surface area (Å²) >= 11 is 0. The van der Waals surface area contributed by atoms with Gasteiger partial charge in [-0.15, -0.1) is 4.91 Å². The Morgan fingerprint density at radius 1 is 1.15 bits per heavy atom. The molecule has 0 saturated carbocycles. The summed E-state index contributed by atoms with van der Waals surface area (Å²) in [5.41, 5.74) is 3.54. The summed E-state index contributed by atoms with van der Waals surface area (Å²) in [6.07, 6.45) is 0. The van der Waals surface area contributed by atoms with Crippen molar-refractivity contribution < 1.29 is 4.79 Å². The number of benzene rings is 2. The van der Waals surface area contributed by atoms with E-state index < -0.39 is 6.04 Å². The number of carbonyl (C=O) groups is 1. The first-order valence-electron chi connectivity index (χ1n) is 6.49. The number of anilines is 1. The second kappa shape index (κ2) is 4.89. The topological polar surface area (TPSA) is 49.7 Å². The predicted molar refractivity (Wildman–Crippen MR) is 77.3 cm³/mol. The molecule has 100 valence electrons. The molecule has 2 aromatic rings. The van der Waals surface area contributed by atoms with Gasteiger partial charge in [0.1, 0.15) is 0 Å². The van der Waals surface area contributed by atoms with Crippen LogP contribution in [0.3, 0.4) is 0 Å². The molecule has 0 bridgehead atoms. The molecular formula is C16H14N2O2. The third-order valence-electron chi connectivity index (χ3n) is 3.56. The van der Waals surface area contributed by atoms with Gasteiger partial charge in [-0.25, -0.2) is 0 Å². The normalized spacial score (nSPS) is 17.1. The van der Waals surface area contributed by atoms with Crippen LogP contribution in [0.4, 0.5) is 5.69 Å². The van der Waals surface area contributed by atoms with Crippen molar-refractivity contribution in [3.63, 3.8) is 0 Å². The van der Waals surface area contributed by atoms with E-state index in [1.165, 1.54) is 0 Å². The molecule has 1 heterocycles. The first kappa shape index (κ1) is 12.5. The minimum Gasteiger partial charge on any atom is -0.305 e. The maximum absolute atomic E-state index is 12.3. The van der Waals surface area contributed by atoms with E-state index in [2.05, 4.69) is 5.18 Å². The van der Waals surface area contributed by atoms with E-state index >= 15 is 0 Å². The van der Waals surface area contributed by atoms with Crippen LogP contribution >= 0.6 is 0 Å². The SMILES string of the molecule is Cc1ccc2c(c1)C(N=O)C(=O)N2Cc1ccccc1. The summed E-state index contributed by atoms with van der Waals surface area (Å²) in [5.74, 6) is -0.246. The molecule has 0 fully saturated rings. The smallest absolute Gasteiger partial charge is 0.260 e. The first-order valence-corrected chi connectivity index (χ1v) is 6.49. The molecular weight excluding hydrogens is 252 g/mol. The highest BCUT2D eigenvalue weighted by Crippen LogP contribution is 2.39. The highest BCUT2D eigenvalue weighted by molar-refractivity contribution is 6.04. The van der Waals surface area contributed by atoms with Crippen LogP contribution in [-0.4, -0.2) is 5.91 Å². The molecule has 0 radical (unpaired) electrons. The molecule has 0 aromatic heterocycles. The van der Waals surface area contributed by atoms with Gasteiger partial charge in [-0.1, -0.05) is 53.2 Å². The van der Waals surface area contributed by atoms with Crippen molar-refractivity contribution in [3.8, 4) is 0 Å². The summed E-state index contributed by atoms with van der Waals surface area (Å²) in [5, 5.41) is 3.00. The van der Waals surface area contributed by atoms with Crippen LogP contribution in [0.2, 0.25) is 0 Å². The van der Waals surface area contributed by atoms with E-state index in [0.29, 0.717) is 12.1 Å². The van der Waals surface area contributed by atoms with Gasteiger partial charge in [0.05, 0.1) is 12.2 Å². The lowest BCUT2D eigenvalue weighted by Gasteiger charge is -2.17. The quantitative estimate of drug-likeness (QED) is 0.800. The zero-order chi connectivity index (χ0) is 14.1. The molecule has 3 rings (SSSR count). The second-order valence-electron chi connectivity index (χ2n) is 4.98. The van der Waals surface area contributed by atoms with Gasteiger partial charge in [0, 0.05) is 5.56 Å². The average molecular weight is 266 g/mol. The second-order valence-corrected chi connectivity index (χ2v) is 4.98. The van der Waals surface area contributed by atoms with Crippen molar-refractivity contribution in [2.45, 2.75) is 19.5 Å². The molecule has 1 atom stereocenters. The summed E-state index contributed by atoms with van der Waals surface area (Å²) in [7, 11) is 0. The van der Waals surface area contributed by atoms with Crippen molar-refractivity contribution in [2.75, 3.05) is 4.90 Å². The fraction of sp³-hybridized carbons (Fsp3) is 0.188. The van der Waals surface area contributed by atoms with E-state index in [-0.39, 0.29) is 5.91 Å². The molecule has 0 aliphatic carbocycles. The highest BCUT2D eigenvalue weighted by atomic mass is 16.3. The van der Waals surface area contributed by atoms with E-state index in [1.807, 2.05) is 55.5 Å². The molecule has 0 N–H and O–H groups in total. The Balaban J connectivity index is 2.01. The number of carbonyl (C=O) groups excluding carboxylic acids is 1. The lowest BCUT2D eigenvalue weighted by molar-refractivity contribution is -0.119. The number of amides is 1. The molecule has 0 spiro atoms. The van der Waals surface area contributed by atoms with Gasteiger partial charge in [0.15, 0.2) is 6.04 Å². The van der Waals surface area contributed by atoms with Gasteiger partial charge in [-0.2, -0.15) is 0 Å². The molecule has 20 heavy (non-hydrogen) atoms. The lowest BCUT2D eigenvalue weighted by atomic mass is 10.1. The standard InChI is InChI=1S/C16H14N2O2/c1-11-7-8-14-13(9-11)15(17-20)16(19)18(14)10-12-5-3-2-4-6-12/h2-9,15H,10H2,1H3. The van der Waals surface area contributed by atoms with Crippen LogP contribution in [0.5, 0.6) is 0 Å². The minimum absolute atomic E-state index is 0.246. The Hall–Kier alpha value is -2.49. The lowest BCUT2D eigenvalue weighted by Crippen LogP contribution is -2.27. The summed E-state index contributed by atoms with van der Waals surface area (Å²) < 4.78 is 0. The Bertz CT molecular complexity index is 667. The summed E-state index contributed by atoms with van der Waals surface area (Å²) in [6.45, 7) is 2.40. The predicted octanol–water partition coefficient (Wildman–Crippen LogP) is 3.35. The third-order valence-corrected chi connectivity index (χ3v) is 3.56. The number of rotatable bonds is 3. The monoisotopic (exact) mass is 266 g/mol. The van der Waals surface area contributed by atoms with Gasteiger partial charge in [0.2, 0.25) is 0 Å². The molecule has 1 aliphatic rings. The molecule has 0 saturated heterocycles. The number of nitroso groups, excluding NO2 is 1. The average Bonchev–Trinajstić information content (AvgIpc) is 2.71. The molecule has 4 nitrogen and oxygen atoms in total. The van der Waals surface area contributed by atoms with E-state index in [4.69, 9.17) is 0 Å². The Morgan fingerprint density at radius 2 is 1.90 bits per heavy atom. The zero-order valence-corrected chi connectivity index (χ0v) is 11.1. The molecule has 2 aromatic carbocycles. The summed E-state index contributed by atoms with van der Waals surface area (Å²) in [6, 6.07) is 14.5. The van der Waals surface area contributed by atoms with Crippen LogP contribution in [0, 0.1) is 11.8 Å². The van der Waals surface area contributed by atoms with Crippen LogP contribution in [0.15, 0.2) is 53.7 Å². The van der Waals surface area contributed by atoms with E-state index in [9.17, 15) is 9.70 Å². The van der Waals surface area contributed by atoms with Crippen LogP contribution in [-0.2, 0) is 11.3 Å². The van der Waals surface area contributed by atoms with Crippen molar-refractivity contribution >= 4 is 11.6 Å². The van der Waals surface area contributed by atoms with Crippen molar-refractivity contribution in [3.05, 3.63) is 70.1 Å². The maximum Gasteiger partial charge on any atom is 0.260 e. The van der Waals surface area contributed by atoms with Crippen LogP contribution < -0.4 is 4.90 Å². The van der Waals surface area contributed by atoms with Gasteiger partial charge in [-0.05, 0) is 18.6 Å². The fourth-order valence-corrected chi connectivity index (χ4v) is 2.57. The highest BCUT2D eigenvalue weighted by Gasteiger charge is 2.38. The Morgan fingerprint density at radius 3 is 2.60 bits per heavy atom. The molecule has 1 aliphatic heterocycles. The molecule has 1 unspecified atom stereocenters. The number of aryl methyl sites for hydroxylation is 1.